The first-order chi connectivity index (χ1) is 14.6. The maximum Gasteiger partial charge on any atom is 0.255 e. The normalized spacial score (nSPS) is 19.5. The maximum atomic E-state index is 13.3. The predicted octanol–water partition coefficient (Wildman–Crippen LogP) is 2.88. The van der Waals surface area contributed by atoms with E-state index in [-0.39, 0.29) is 17.9 Å². The van der Waals surface area contributed by atoms with Crippen LogP contribution in [0.1, 0.15) is 33.9 Å². The molecule has 1 saturated heterocycles. The van der Waals surface area contributed by atoms with Crippen molar-refractivity contribution >= 4 is 22.7 Å². The number of H-pyrrole nitrogens is 1. The van der Waals surface area contributed by atoms with Crippen molar-refractivity contribution in [2.75, 3.05) is 39.8 Å². The van der Waals surface area contributed by atoms with Crippen LogP contribution in [0.3, 0.4) is 0 Å². The average molecular weight is 402 g/mol. The highest BCUT2D eigenvalue weighted by molar-refractivity contribution is 6.01. The number of amides is 2. The van der Waals surface area contributed by atoms with Crippen LogP contribution in [-0.4, -0.2) is 71.3 Å². The van der Waals surface area contributed by atoms with Gasteiger partial charge in [-0.25, -0.2) is 0 Å². The highest BCUT2D eigenvalue weighted by Crippen LogP contribution is 2.41. The number of piperazine rings is 1. The van der Waals surface area contributed by atoms with E-state index < -0.39 is 0 Å². The van der Waals surface area contributed by atoms with Gasteiger partial charge in [-0.15, -0.1) is 0 Å². The predicted molar refractivity (Wildman–Crippen MR) is 116 cm³/mol. The molecule has 1 atom stereocenters. The number of benzene rings is 2. The first-order valence-electron chi connectivity index (χ1n) is 10.6. The summed E-state index contributed by atoms with van der Waals surface area (Å²) in [6.45, 7) is 3.74. The van der Waals surface area contributed by atoms with Crippen molar-refractivity contribution in [3.05, 3.63) is 71.4 Å². The summed E-state index contributed by atoms with van der Waals surface area (Å²) >= 11 is 0. The molecule has 0 saturated carbocycles. The smallest absolute Gasteiger partial charge is 0.255 e. The Morgan fingerprint density at radius 3 is 2.57 bits per heavy atom. The first kappa shape index (κ1) is 18.9. The second-order valence-corrected chi connectivity index (χ2v) is 8.21. The molecule has 5 rings (SSSR count). The molecular weight excluding hydrogens is 376 g/mol. The molecule has 2 aliphatic heterocycles. The molecule has 2 amide bonds. The molecule has 2 aliphatic rings. The van der Waals surface area contributed by atoms with Crippen LogP contribution in [-0.2, 0) is 4.79 Å². The van der Waals surface area contributed by atoms with Crippen molar-refractivity contribution in [3.8, 4) is 0 Å². The van der Waals surface area contributed by atoms with Crippen LogP contribution < -0.4 is 0 Å². The summed E-state index contributed by atoms with van der Waals surface area (Å²) in [6.07, 6.45) is 2.35. The van der Waals surface area contributed by atoms with Gasteiger partial charge >= 0.3 is 0 Å². The average Bonchev–Trinajstić information content (AvgIpc) is 3.31. The van der Waals surface area contributed by atoms with Gasteiger partial charge in [-0.3, -0.25) is 9.59 Å². The van der Waals surface area contributed by atoms with E-state index in [2.05, 4.69) is 23.0 Å². The summed E-state index contributed by atoms with van der Waals surface area (Å²) in [6, 6.07) is 15.8. The summed E-state index contributed by atoms with van der Waals surface area (Å²) in [4.78, 5) is 35.4. The highest BCUT2D eigenvalue weighted by Gasteiger charge is 2.38. The minimum absolute atomic E-state index is 0.00654. The third-order valence-corrected chi connectivity index (χ3v) is 6.40. The number of fused-ring (bicyclic) bond motifs is 2. The Kier molecular flexibility index (Phi) is 4.79. The summed E-state index contributed by atoms with van der Waals surface area (Å²) in [5.74, 6) is 0.136. The number of nitrogens with one attached hydrogen (secondary N) is 1. The number of rotatable bonds is 4. The van der Waals surface area contributed by atoms with Crippen LogP contribution in [0.4, 0.5) is 0 Å². The lowest BCUT2D eigenvalue weighted by molar-refractivity contribution is -0.133. The lowest BCUT2D eigenvalue weighted by Crippen LogP contribution is -2.47. The monoisotopic (exact) mass is 402 g/mol. The molecule has 6 nitrogen and oxygen atoms in total. The van der Waals surface area contributed by atoms with Gasteiger partial charge in [0.25, 0.3) is 5.91 Å². The largest absolute Gasteiger partial charge is 0.361 e. The standard InChI is InChI=1S/C24H26N4O2/c1-26-12-14-27(15-13-26)22(29)10-11-28-23(18-7-2-3-8-19(18)24(28)30)20-16-25-21-9-5-4-6-17(20)21/h2-9,16,23,25H,10-15H2,1H3/t23-/m0/s1. The van der Waals surface area contributed by atoms with Crippen LogP contribution in [0.5, 0.6) is 0 Å². The van der Waals surface area contributed by atoms with E-state index in [1.807, 2.05) is 58.5 Å². The molecule has 154 valence electrons. The fourth-order valence-electron chi connectivity index (χ4n) is 4.69. The van der Waals surface area contributed by atoms with Crippen LogP contribution in [0.25, 0.3) is 10.9 Å². The van der Waals surface area contributed by atoms with Gasteiger partial charge in [0.2, 0.25) is 5.91 Å². The van der Waals surface area contributed by atoms with Gasteiger partial charge in [0.05, 0.1) is 6.04 Å². The number of carbonyl (C=O) groups is 2. The lowest BCUT2D eigenvalue weighted by Gasteiger charge is -2.33. The van der Waals surface area contributed by atoms with Gasteiger partial charge in [0, 0.05) is 67.4 Å². The molecule has 3 heterocycles. The molecule has 0 radical (unpaired) electrons. The van der Waals surface area contributed by atoms with Gasteiger partial charge in [0.1, 0.15) is 0 Å². The molecule has 0 aliphatic carbocycles. The number of aromatic amines is 1. The summed E-state index contributed by atoms with van der Waals surface area (Å²) in [7, 11) is 2.08. The van der Waals surface area contributed by atoms with Gasteiger partial charge in [-0.2, -0.15) is 0 Å². The minimum atomic E-state index is -0.176. The van der Waals surface area contributed by atoms with Crippen molar-refractivity contribution in [2.45, 2.75) is 12.5 Å². The molecule has 0 spiro atoms. The van der Waals surface area contributed by atoms with Gasteiger partial charge in [0.15, 0.2) is 0 Å². The Balaban J connectivity index is 1.43. The van der Waals surface area contributed by atoms with Gasteiger partial charge in [-0.1, -0.05) is 36.4 Å². The third kappa shape index (κ3) is 3.17. The maximum absolute atomic E-state index is 13.3. The van der Waals surface area contributed by atoms with Crippen LogP contribution >= 0.6 is 0 Å². The van der Waals surface area contributed by atoms with Gasteiger partial charge in [-0.05, 0) is 24.7 Å². The number of carbonyl (C=O) groups excluding carboxylic acids is 2. The van der Waals surface area contributed by atoms with E-state index in [4.69, 9.17) is 0 Å². The highest BCUT2D eigenvalue weighted by atomic mass is 16.2. The van der Waals surface area contributed by atoms with E-state index in [1.165, 1.54) is 0 Å². The molecule has 0 unspecified atom stereocenters. The Morgan fingerprint density at radius 2 is 1.73 bits per heavy atom. The Hall–Kier alpha value is -3.12. The quantitative estimate of drug-likeness (QED) is 0.730. The fraction of sp³-hybridized carbons (Fsp3) is 0.333. The van der Waals surface area contributed by atoms with Crippen molar-refractivity contribution in [1.82, 2.24) is 19.7 Å². The molecule has 1 aromatic heterocycles. The summed E-state index contributed by atoms with van der Waals surface area (Å²) in [5, 5.41) is 1.11. The number of hydrogen-bond donors (Lipinski definition) is 1. The van der Waals surface area contributed by atoms with Crippen molar-refractivity contribution < 1.29 is 9.59 Å². The van der Waals surface area contributed by atoms with E-state index >= 15 is 0 Å². The zero-order valence-corrected chi connectivity index (χ0v) is 17.2. The molecule has 0 bridgehead atoms. The Bertz CT molecular complexity index is 1100. The lowest BCUT2D eigenvalue weighted by atomic mass is 9.97. The van der Waals surface area contributed by atoms with Crippen molar-refractivity contribution in [2.24, 2.45) is 0 Å². The molecule has 1 fully saturated rings. The second kappa shape index (κ2) is 7.61. The zero-order valence-electron chi connectivity index (χ0n) is 17.2. The minimum Gasteiger partial charge on any atom is -0.361 e. The topological polar surface area (TPSA) is 59.6 Å². The molecular formula is C24H26N4O2. The number of likely N-dealkylation sites (N-methyl/N-ethyl adjacent to an activating group) is 1. The van der Waals surface area contributed by atoms with Crippen molar-refractivity contribution in [3.63, 3.8) is 0 Å². The zero-order chi connectivity index (χ0) is 20.7. The molecule has 30 heavy (non-hydrogen) atoms. The SMILES string of the molecule is CN1CCN(C(=O)CCN2C(=O)c3ccccc3[C@H]2c2c[nH]c3ccccc23)CC1. The molecule has 1 N–H and O–H groups in total. The van der Waals surface area contributed by atoms with E-state index in [1.54, 1.807) is 0 Å². The fourth-order valence-corrected chi connectivity index (χ4v) is 4.69. The van der Waals surface area contributed by atoms with Crippen LogP contribution in [0.15, 0.2) is 54.7 Å². The number of para-hydroxylation sites is 1. The van der Waals surface area contributed by atoms with Crippen LogP contribution in [0, 0.1) is 0 Å². The molecule has 6 heteroatoms. The number of aromatic nitrogens is 1. The molecule has 2 aromatic carbocycles. The number of nitrogens with zero attached hydrogens (tertiary/aromatic N) is 3. The van der Waals surface area contributed by atoms with Crippen LogP contribution in [0.2, 0.25) is 0 Å². The number of hydrogen-bond acceptors (Lipinski definition) is 3. The Morgan fingerprint density at radius 1 is 1.00 bits per heavy atom. The second-order valence-electron chi connectivity index (χ2n) is 8.21. The summed E-state index contributed by atoms with van der Waals surface area (Å²) < 4.78 is 0. The van der Waals surface area contributed by atoms with E-state index in [9.17, 15) is 9.59 Å². The van der Waals surface area contributed by atoms with Crippen molar-refractivity contribution in [1.29, 1.82) is 0 Å². The third-order valence-electron chi connectivity index (χ3n) is 6.40. The molecule has 3 aromatic rings. The Labute approximate surface area is 176 Å². The summed E-state index contributed by atoms with van der Waals surface area (Å²) in [5.41, 5.74) is 3.88. The first-order valence-corrected chi connectivity index (χ1v) is 10.6. The van der Waals surface area contributed by atoms with E-state index in [0.717, 1.165) is 53.8 Å². The van der Waals surface area contributed by atoms with Gasteiger partial charge < -0.3 is 19.7 Å². The van der Waals surface area contributed by atoms with E-state index in [0.29, 0.717) is 13.0 Å².